The lowest BCUT2D eigenvalue weighted by atomic mass is 9.98. The molecule has 11 heteroatoms. The van der Waals surface area contributed by atoms with Gasteiger partial charge in [0.05, 0.1) is 24.1 Å². The number of benzene rings is 1. The molecule has 1 unspecified atom stereocenters. The van der Waals surface area contributed by atoms with Crippen LogP contribution in [0, 0.1) is 23.5 Å². The van der Waals surface area contributed by atoms with E-state index in [2.05, 4.69) is 25.9 Å². The molecule has 2 fully saturated rings. The second-order valence-corrected chi connectivity index (χ2v) is 12.6. The molecule has 0 saturated carbocycles. The Labute approximate surface area is 226 Å². The van der Waals surface area contributed by atoms with E-state index in [0.717, 1.165) is 78.5 Å². The summed E-state index contributed by atoms with van der Waals surface area (Å²) in [6.07, 6.45) is 8.60. The number of sulfonamides is 1. The molecule has 5 heterocycles. The van der Waals surface area contributed by atoms with Crippen LogP contribution in [0.25, 0.3) is 21.9 Å². The van der Waals surface area contributed by atoms with Crippen molar-refractivity contribution >= 4 is 37.6 Å². The van der Waals surface area contributed by atoms with Crippen molar-refractivity contribution in [1.82, 2.24) is 19.3 Å². The summed E-state index contributed by atoms with van der Waals surface area (Å²) in [6.45, 7) is 2.59. The Balaban J connectivity index is 1.07. The Morgan fingerprint density at radius 3 is 2.69 bits per heavy atom. The van der Waals surface area contributed by atoms with Crippen LogP contribution in [-0.4, -0.2) is 66.2 Å². The predicted molar refractivity (Wildman–Crippen MR) is 146 cm³/mol. The molecule has 39 heavy (non-hydrogen) atoms. The van der Waals surface area contributed by atoms with Gasteiger partial charge in [0, 0.05) is 67.0 Å². The van der Waals surface area contributed by atoms with Crippen LogP contribution in [0.15, 0.2) is 48.9 Å². The molecule has 2 aliphatic heterocycles. The Hall–Kier alpha value is -3.31. The number of ether oxygens (including phenoxy) is 1. The summed E-state index contributed by atoms with van der Waals surface area (Å²) < 4.78 is 60.9. The molecule has 4 aromatic rings. The molecule has 6 rings (SSSR count). The highest BCUT2D eigenvalue weighted by atomic mass is 32.2. The third kappa shape index (κ3) is 5.42. The van der Waals surface area contributed by atoms with Crippen molar-refractivity contribution in [1.29, 1.82) is 0 Å². The highest BCUT2D eigenvalue weighted by Gasteiger charge is 2.33. The van der Waals surface area contributed by atoms with E-state index in [-0.39, 0.29) is 29.9 Å². The van der Waals surface area contributed by atoms with Gasteiger partial charge in [-0.05, 0) is 55.9 Å². The highest BCUT2D eigenvalue weighted by molar-refractivity contribution is 7.89. The molecule has 1 aromatic carbocycles. The maximum atomic E-state index is 13.9. The van der Waals surface area contributed by atoms with Crippen LogP contribution < -0.4 is 9.64 Å². The second-order valence-electron chi connectivity index (χ2n) is 10.6. The van der Waals surface area contributed by atoms with Gasteiger partial charge in [-0.1, -0.05) is 0 Å². The van der Waals surface area contributed by atoms with Crippen LogP contribution in [-0.2, 0) is 10.0 Å². The van der Waals surface area contributed by atoms with Gasteiger partial charge in [-0.2, -0.15) is 0 Å². The third-order valence-electron chi connectivity index (χ3n) is 7.91. The minimum absolute atomic E-state index is 0.0149. The zero-order valence-electron chi connectivity index (χ0n) is 21.5. The zero-order chi connectivity index (χ0) is 27.0. The van der Waals surface area contributed by atoms with E-state index in [1.165, 1.54) is 6.07 Å². The number of hydrogen-bond acceptors (Lipinski definition) is 6. The van der Waals surface area contributed by atoms with Gasteiger partial charge in [0.1, 0.15) is 5.82 Å². The summed E-state index contributed by atoms with van der Waals surface area (Å²) in [6, 6.07) is 7.25. The van der Waals surface area contributed by atoms with Gasteiger partial charge in [-0.3, -0.25) is 0 Å². The molecule has 0 aliphatic carbocycles. The Morgan fingerprint density at radius 1 is 1.03 bits per heavy atom. The topological polar surface area (TPSA) is 91.4 Å². The number of hydrogen-bond donors (Lipinski definition) is 1. The second kappa shape index (κ2) is 10.7. The van der Waals surface area contributed by atoms with Crippen molar-refractivity contribution in [3.8, 4) is 5.75 Å². The first-order valence-corrected chi connectivity index (χ1v) is 15.0. The van der Waals surface area contributed by atoms with E-state index in [1.54, 1.807) is 16.7 Å². The molecular formula is C28H31F2N5O3S. The first-order valence-electron chi connectivity index (χ1n) is 13.4. The standard InChI is InChI=1S/C28H31F2N5O3S/c29-21-3-4-26(23(30)14-21)38-17-20-2-1-11-35(16-20)39(36,37)18-19-7-12-34(13-8-19)25-6-10-31-24-15-33-28-22(27(24)25)5-9-32-28/h3-6,9-10,14-15,19-20,31H,1-2,7-8,11-13,16-18H2. The summed E-state index contributed by atoms with van der Waals surface area (Å²) in [5, 5.41) is 2.10. The van der Waals surface area contributed by atoms with Gasteiger partial charge in [-0.15, -0.1) is 0 Å². The summed E-state index contributed by atoms with van der Waals surface area (Å²) in [5.74, 6) is -1.26. The van der Waals surface area contributed by atoms with E-state index >= 15 is 0 Å². The molecule has 206 valence electrons. The third-order valence-corrected chi connectivity index (χ3v) is 9.93. The van der Waals surface area contributed by atoms with Crippen LogP contribution in [0.4, 0.5) is 14.5 Å². The Morgan fingerprint density at radius 2 is 1.87 bits per heavy atom. The monoisotopic (exact) mass is 555 g/mol. The summed E-state index contributed by atoms with van der Waals surface area (Å²) in [7, 11) is -3.44. The normalized spacial score (nSPS) is 19.6. The summed E-state index contributed by atoms with van der Waals surface area (Å²) >= 11 is 0. The first-order chi connectivity index (χ1) is 18.9. The molecule has 2 aliphatic rings. The number of piperidine rings is 2. The van der Waals surface area contributed by atoms with E-state index < -0.39 is 21.7 Å². The van der Waals surface area contributed by atoms with Crippen LogP contribution >= 0.6 is 0 Å². The van der Waals surface area contributed by atoms with Crippen molar-refractivity contribution in [2.45, 2.75) is 25.7 Å². The summed E-state index contributed by atoms with van der Waals surface area (Å²) in [5.41, 5.74) is 2.78. The lowest BCUT2D eigenvalue weighted by molar-refractivity contribution is 0.175. The van der Waals surface area contributed by atoms with Crippen molar-refractivity contribution in [2.75, 3.05) is 43.4 Å². The lowest BCUT2D eigenvalue weighted by Gasteiger charge is -2.36. The number of rotatable bonds is 7. The van der Waals surface area contributed by atoms with Crippen LogP contribution in [0.1, 0.15) is 25.7 Å². The Bertz CT molecular complexity index is 1590. The average Bonchev–Trinajstić information content (AvgIpc) is 3.42. The number of H-pyrrole nitrogens is 1. The number of aromatic amines is 1. The minimum Gasteiger partial charge on any atom is -0.490 e. The smallest absolute Gasteiger partial charge is 0.214 e. The highest BCUT2D eigenvalue weighted by Crippen LogP contribution is 2.34. The van der Waals surface area contributed by atoms with Gasteiger partial charge in [0.15, 0.2) is 17.2 Å². The molecule has 1 N–H and O–H groups in total. The SMILES string of the molecule is O=S(=O)(CC1CCN(c2cc[nH]c3cnc4nccc4c23)CC1)N1CCCC(COc2ccc(F)cc2F)C1. The fourth-order valence-electron chi connectivity index (χ4n) is 5.86. The van der Waals surface area contributed by atoms with E-state index in [9.17, 15) is 17.2 Å². The quantitative estimate of drug-likeness (QED) is 0.355. The van der Waals surface area contributed by atoms with Gasteiger partial charge in [0.2, 0.25) is 10.0 Å². The van der Waals surface area contributed by atoms with Crippen molar-refractivity contribution < 1.29 is 21.9 Å². The van der Waals surface area contributed by atoms with Gasteiger partial charge in [-0.25, -0.2) is 31.5 Å². The van der Waals surface area contributed by atoms with Crippen molar-refractivity contribution in [3.63, 3.8) is 0 Å². The molecular weight excluding hydrogens is 524 g/mol. The molecule has 8 nitrogen and oxygen atoms in total. The maximum Gasteiger partial charge on any atom is 0.214 e. The number of aromatic nitrogens is 3. The van der Waals surface area contributed by atoms with Crippen LogP contribution in [0.5, 0.6) is 5.75 Å². The molecule has 0 amide bonds. The van der Waals surface area contributed by atoms with Gasteiger partial charge in [0.25, 0.3) is 0 Å². The van der Waals surface area contributed by atoms with Crippen molar-refractivity contribution in [2.24, 2.45) is 11.8 Å². The average molecular weight is 556 g/mol. The van der Waals surface area contributed by atoms with Crippen LogP contribution in [0.3, 0.4) is 0 Å². The molecule has 0 radical (unpaired) electrons. The number of pyridine rings is 2. The zero-order valence-corrected chi connectivity index (χ0v) is 22.3. The van der Waals surface area contributed by atoms with E-state index in [4.69, 9.17) is 4.74 Å². The minimum atomic E-state index is -3.44. The van der Waals surface area contributed by atoms with E-state index in [1.807, 2.05) is 12.3 Å². The number of nitrogens with zero attached hydrogens (tertiary/aromatic N) is 4. The lowest BCUT2D eigenvalue weighted by Crippen LogP contribution is -2.45. The first kappa shape index (κ1) is 25.9. The molecule has 3 aromatic heterocycles. The molecule has 0 spiro atoms. The number of fused-ring (bicyclic) bond motifs is 3. The van der Waals surface area contributed by atoms with Crippen LogP contribution in [0.2, 0.25) is 0 Å². The number of halogens is 2. The molecule has 0 bridgehead atoms. The van der Waals surface area contributed by atoms with Gasteiger partial charge < -0.3 is 14.6 Å². The Kier molecular flexibility index (Phi) is 7.11. The summed E-state index contributed by atoms with van der Waals surface area (Å²) in [4.78, 5) is 14.4. The largest absolute Gasteiger partial charge is 0.490 e. The fraction of sp³-hybridized carbons (Fsp3) is 0.429. The van der Waals surface area contributed by atoms with Gasteiger partial charge >= 0.3 is 0 Å². The fourth-order valence-corrected chi connectivity index (χ4v) is 7.85. The number of nitrogens with one attached hydrogen (secondary N) is 1. The number of anilines is 1. The van der Waals surface area contributed by atoms with E-state index in [0.29, 0.717) is 13.1 Å². The molecule has 2 saturated heterocycles. The predicted octanol–water partition coefficient (Wildman–Crippen LogP) is 4.73. The maximum absolute atomic E-state index is 13.9. The molecule has 1 atom stereocenters. The van der Waals surface area contributed by atoms with Crippen molar-refractivity contribution in [3.05, 3.63) is 60.6 Å².